The highest BCUT2D eigenvalue weighted by atomic mass is 32.2. The van der Waals surface area contributed by atoms with Crippen molar-refractivity contribution in [2.45, 2.75) is 44.6 Å². The lowest BCUT2D eigenvalue weighted by atomic mass is 9.96. The molecule has 106 valence electrons. The maximum Gasteiger partial charge on any atom is 0.205 e. The number of hydrazine groups is 1. The first-order chi connectivity index (χ1) is 8.51. The van der Waals surface area contributed by atoms with E-state index < -0.39 is 9.84 Å². The third kappa shape index (κ3) is 6.80. The number of rotatable bonds is 5. The predicted octanol–water partition coefficient (Wildman–Crippen LogP) is 0.163. The minimum atomic E-state index is -2.90. The molecule has 0 radical (unpaired) electrons. The van der Waals surface area contributed by atoms with Crippen molar-refractivity contribution in [3.05, 3.63) is 0 Å². The van der Waals surface area contributed by atoms with Crippen molar-refractivity contribution in [2.24, 2.45) is 10.8 Å². The minimum absolute atomic E-state index is 0.164. The van der Waals surface area contributed by atoms with Gasteiger partial charge in [0.2, 0.25) is 5.96 Å². The quantitative estimate of drug-likeness (QED) is 0.218. The van der Waals surface area contributed by atoms with Crippen LogP contribution in [0.15, 0.2) is 4.99 Å². The Morgan fingerprint density at radius 2 is 2.00 bits per heavy atom. The molecule has 0 aromatic heterocycles. The van der Waals surface area contributed by atoms with Crippen molar-refractivity contribution in [1.29, 1.82) is 0 Å². The van der Waals surface area contributed by atoms with E-state index in [2.05, 4.69) is 15.7 Å². The van der Waals surface area contributed by atoms with Crippen LogP contribution in [0.25, 0.3) is 0 Å². The summed E-state index contributed by atoms with van der Waals surface area (Å²) in [5.41, 5.74) is 2.54. The summed E-state index contributed by atoms with van der Waals surface area (Å²) in [7, 11) is -2.90. The van der Waals surface area contributed by atoms with Crippen LogP contribution in [-0.2, 0) is 9.84 Å². The van der Waals surface area contributed by atoms with Gasteiger partial charge in [0.25, 0.3) is 0 Å². The molecule has 1 rings (SSSR count). The summed E-state index contributed by atoms with van der Waals surface area (Å²) < 4.78 is 21.9. The van der Waals surface area contributed by atoms with E-state index in [9.17, 15) is 8.42 Å². The average Bonchev–Trinajstić information content (AvgIpc) is 2.33. The third-order valence-electron chi connectivity index (χ3n) is 3.03. The largest absolute Gasteiger partial charge is 0.353 e. The fourth-order valence-electron chi connectivity index (χ4n) is 2.09. The fourth-order valence-corrected chi connectivity index (χ4v) is 2.74. The van der Waals surface area contributed by atoms with Crippen LogP contribution >= 0.6 is 0 Å². The first-order valence-electron chi connectivity index (χ1n) is 6.46. The molecule has 7 heteroatoms. The van der Waals surface area contributed by atoms with Crippen LogP contribution in [0, 0.1) is 0 Å². The van der Waals surface area contributed by atoms with Crippen molar-refractivity contribution in [1.82, 2.24) is 10.7 Å². The number of nitrogens with one attached hydrogen (secondary N) is 2. The van der Waals surface area contributed by atoms with Gasteiger partial charge in [-0.05, 0) is 19.3 Å². The Labute approximate surface area is 109 Å². The summed E-state index contributed by atoms with van der Waals surface area (Å²) >= 11 is 0. The van der Waals surface area contributed by atoms with Gasteiger partial charge in [-0.25, -0.2) is 14.3 Å². The molecule has 0 atom stereocenters. The molecule has 4 N–H and O–H groups in total. The minimum Gasteiger partial charge on any atom is -0.353 e. The van der Waals surface area contributed by atoms with Crippen molar-refractivity contribution in [2.75, 3.05) is 18.6 Å². The fraction of sp³-hybridized carbons (Fsp3) is 0.909. The van der Waals surface area contributed by atoms with E-state index in [0.717, 1.165) is 12.8 Å². The van der Waals surface area contributed by atoms with Crippen LogP contribution in [0.4, 0.5) is 0 Å². The van der Waals surface area contributed by atoms with Crippen molar-refractivity contribution >= 4 is 15.8 Å². The van der Waals surface area contributed by atoms with Gasteiger partial charge < -0.3 is 5.32 Å². The standard InChI is InChI=1S/C11H24N4O2S/c1-18(16,17)9-5-8-13-11(15-12)14-10-6-3-2-4-7-10/h10H,2-9,12H2,1H3,(H2,13,14,15). The van der Waals surface area contributed by atoms with Gasteiger partial charge >= 0.3 is 0 Å². The molecule has 1 fully saturated rings. The smallest absolute Gasteiger partial charge is 0.205 e. The topological polar surface area (TPSA) is 96.6 Å². The highest BCUT2D eigenvalue weighted by Gasteiger charge is 2.14. The molecule has 0 aliphatic heterocycles. The van der Waals surface area contributed by atoms with Gasteiger partial charge in [-0.15, -0.1) is 0 Å². The summed E-state index contributed by atoms with van der Waals surface area (Å²) in [4.78, 5) is 4.24. The summed E-state index contributed by atoms with van der Waals surface area (Å²) in [6, 6.07) is 0.434. The molecule has 0 bridgehead atoms. The zero-order valence-electron chi connectivity index (χ0n) is 11.0. The molecule has 1 saturated carbocycles. The SMILES string of the molecule is CS(=O)(=O)CCCN=C(NN)NC1CCCCC1. The molecule has 0 aromatic rings. The lowest BCUT2D eigenvalue weighted by Gasteiger charge is -2.24. The maximum absolute atomic E-state index is 11.0. The van der Waals surface area contributed by atoms with Crippen LogP contribution in [0.3, 0.4) is 0 Å². The number of nitrogens with two attached hydrogens (primary N) is 1. The Kier molecular flexibility index (Phi) is 6.42. The summed E-state index contributed by atoms with van der Waals surface area (Å²) in [5, 5.41) is 3.27. The van der Waals surface area contributed by atoms with Crippen molar-refractivity contribution < 1.29 is 8.42 Å². The second-order valence-electron chi connectivity index (χ2n) is 4.84. The number of nitrogens with zero attached hydrogens (tertiary/aromatic N) is 1. The Hall–Kier alpha value is -0.820. The van der Waals surface area contributed by atoms with E-state index in [4.69, 9.17) is 5.84 Å². The van der Waals surface area contributed by atoms with Crippen LogP contribution in [-0.4, -0.2) is 39.0 Å². The number of hydrogen-bond acceptors (Lipinski definition) is 4. The molecule has 6 nitrogen and oxygen atoms in total. The van der Waals surface area contributed by atoms with Gasteiger partial charge in [-0.2, -0.15) is 0 Å². The Balaban J connectivity index is 2.30. The number of hydrogen-bond donors (Lipinski definition) is 3. The van der Waals surface area contributed by atoms with Gasteiger partial charge in [0, 0.05) is 18.8 Å². The van der Waals surface area contributed by atoms with Gasteiger partial charge in [-0.3, -0.25) is 10.4 Å². The molecule has 0 aromatic carbocycles. The van der Waals surface area contributed by atoms with Crippen LogP contribution in [0.5, 0.6) is 0 Å². The first-order valence-corrected chi connectivity index (χ1v) is 8.52. The second-order valence-corrected chi connectivity index (χ2v) is 7.10. The zero-order valence-corrected chi connectivity index (χ0v) is 11.8. The first kappa shape index (κ1) is 15.2. The predicted molar refractivity (Wildman–Crippen MR) is 74.0 cm³/mol. The maximum atomic E-state index is 11.0. The Morgan fingerprint density at radius 3 is 2.56 bits per heavy atom. The molecule has 0 saturated heterocycles. The molecule has 18 heavy (non-hydrogen) atoms. The van der Waals surface area contributed by atoms with Gasteiger partial charge in [-0.1, -0.05) is 19.3 Å². The molecular formula is C11H24N4O2S. The van der Waals surface area contributed by atoms with Crippen molar-refractivity contribution in [3.63, 3.8) is 0 Å². The summed E-state index contributed by atoms with van der Waals surface area (Å²) in [6.45, 7) is 0.465. The van der Waals surface area contributed by atoms with Gasteiger partial charge in [0.05, 0.1) is 5.75 Å². The van der Waals surface area contributed by atoms with E-state index in [1.165, 1.54) is 25.5 Å². The number of sulfone groups is 1. The van der Waals surface area contributed by atoms with Crippen LogP contribution < -0.4 is 16.6 Å². The monoisotopic (exact) mass is 276 g/mol. The summed E-state index contributed by atoms with van der Waals surface area (Å²) in [5.74, 6) is 6.13. The van der Waals surface area contributed by atoms with E-state index in [-0.39, 0.29) is 5.75 Å². The molecule has 1 aliphatic rings. The molecule has 0 unspecified atom stereocenters. The molecular weight excluding hydrogens is 252 g/mol. The Morgan fingerprint density at radius 1 is 1.33 bits per heavy atom. The van der Waals surface area contributed by atoms with Gasteiger partial charge in [0.15, 0.2) is 0 Å². The average molecular weight is 276 g/mol. The highest BCUT2D eigenvalue weighted by molar-refractivity contribution is 7.90. The van der Waals surface area contributed by atoms with E-state index >= 15 is 0 Å². The molecule has 1 aliphatic carbocycles. The Bertz CT molecular complexity index is 361. The number of aliphatic imine (C=N–C) groups is 1. The van der Waals surface area contributed by atoms with Crippen LogP contribution in [0.2, 0.25) is 0 Å². The highest BCUT2D eigenvalue weighted by Crippen LogP contribution is 2.17. The molecule has 0 spiro atoms. The van der Waals surface area contributed by atoms with E-state index in [1.54, 1.807) is 0 Å². The van der Waals surface area contributed by atoms with Crippen LogP contribution in [0.1, 0.15) is 38.5 Å². The van der Waals surface area contributed by atoms with E-state index in [1.807, 2.05) is 0 Å². The third-order valence-corrected chi connectivity index (χ3v) is 4.06. The van der Waals surface area contributed by atoms with Gasteiger partial charge in [0.1, 0.15) is 9.84 Å². The van der Waals surface area contributed by atoms with E-state index in [0.29, 0.717) is 25.0 Å². The summed E-state index contributed by atoms with van der Waals surface area (Å²) in [6.07, 6.45) is 7.83. The lowest BCUT2D eigenvalue weighted by molar-refractivity contribution is 0.410. The molecule has 0 heterocycles. The zero-order chi connectivity index (χ0) is 13.4. The number of guanidine groups is 1. The lowest BCUT2D eigenvalue weighted by Crippen LogP contribution is -2.47. The second kappa shape index (κ2) is 7.58. The molecule has 0 amide bonds. The normalized spacial score (nSPS) is 18.7. The van der Waals surface area contributed by atoms with Crippen molar-refractivity contribution in [3.8, 4) is 0 Å².